The number of hydrogen-bond donors (Lipinski definition) is 4. The highest BCUT2D eigenvalue weighted by Crippen LogP contribution is 2.26. The largest absolute Gasteiger partial charge is 0.497 e. The molecule has 62 heavy (non-hydrogen) atoms. The SMILES string of the molecule is COc1ccc(CNCC(=O)N(CCCN)CC(=O)N(CC(=O)N[C@@H](C)C(=O)N(CC(=O)N(CC(N)=O)CC2CCCCC2)Cc2ccc(OC)cc2)CC2CCCCC2)cc1. The molecule has 16 heteroatoms. The van der Waals surface area contributed by atoms with Crippen molar-refractivity contribution in [3.63, 3.8) is 0 Å². The molecule has 2 fully saturated rings. The van der Waals surface area contributed by atoms with Crippen molar-refractivity contribution in [1.29, 1.82) is 0 Å². The van der Waals surface area contributed by atoms with Crippen LogP contribution in [-0.2, 0) is 41.9 Å². The molecule has 342 valence electrons. The fraction of sp³-hybridized carbons (Fsp3) is 0.609. The standard InChI is InChI=1S/C46H70N8O8/c1-34(46(60)54(29-38-17-21-40(62-3)22-18-38)33-45(59)52(30-41(48)55)27-36-11-6-4-7-12-36)50-42(56)31-53(28-37-13-8-5-9-14-37)44(58)32-51(24-10-23-47)43(57)26-49-25-35-15-19-39(61-2)20-16-35/h15-22,34,36-37,49H,4-14,23-33,47H2,1-3H3,(H2,48,55)(H,50,56)/t34-/m0/s1. The van der Waals surface area contributed by atoms with Crippen molar-refractivity contribution in [1.82, 2.24) is 30.2 Å². The molecule has 0 heterocycles. The molecule has 2 aromatic rings. The highest BCUT2D eigenvalue weighted by Gasteiger charge is 2.31. The number of nitrogens with one attached hydrogen (secondary N) is 2. The van der Waals surface area contributed by atoms with Crippen LogP contribution in [0.3, 0.4) is 0 Å². The first-order chi connectivity index (χ1) is 29.9. The molecule has 0 spiro atoms. The number of methoxy groups -OCH3 is 2. The second kappa shape index (κ2) is 26.3. The zero-order valence-corrected chi connectivity index (χ0v) is 37.1. The molecule has 2 aliphatic rings. The van der Waals surface area contributed by atoms with Crippen LogP contribution in [0.15, 0.2) is 48.5 Å². The van der Waals surface area contributed by atoms with E-state index >= 15 is 0 Å². The molecule has 0 unspecified atom stereocenters. The number of benzene rings is 2. The van der Waals surface area contributed by atoms with Gasteiger partial charge in [-0.2, -0.15) is 0 Å². The normalized spacial score (nSPS) is 14.9. The van der Waals surface area contributed by atoms with Gasteiger partial charge < -0.3 is 51.2 Å². The molecule has 2 saturated carbocycles. The molecule has 0 radical (unpaired) electrons. The highest BCUT2D eigenvalue weighted by molar-refractivity contribution is 5.93. The summed E-state index contributed by atoms with van der Waals surface area (Å²) >= 11 is 0. The summed E-state index contributed by atoms with van der Waals surface area (Å²) in [6, 6.07) is 13.6. The van der Waals surface area contributed by atoms with Gasteiger partial charge in [-0.3, -0.25) is 28.8 Å². The summed E-state index contributed by atoms with van der Waals surface area (Å²) in [5, 5.41) is 5.95. The Morgan fingerprint density at radius 1 is 0.661 bits per heavy atom. The quantitative estimate of drug-likeness (QED) is 0.115. The molecular formula is C46H70N8O8. The fourth-order valence-corrected chi connectivity index (χ4v) is 8.29. The van der Waals surface area contributed by atoms with E-state index in [9.17, 15) is 28.8 Å². The van der Waals surface area contributed by atoms with E-state index in [0.29, 0.717) is 38.3 Å². The van der Waals surface area contributed by atoms with E-state index in [2.05, 4.69) is 10.6 Å². The van der Waals surface area contributed by atoms with Crippen molar-refractivity contribution < 1.29 is 38.2 Å². The second-order valence-corrected chi connectivity index (χ2v) is 16.8. The zero-order valence-electron chi connectivity index (χ0n) is 37.1. The zero-order chi connectivity index (χ0) is 44.9. The summed E-state index contributed by atoms with van der Waals surface area (Å²) < 4.78 is 10.5. The molecule has 16 nitrogen and oxygen atoms in total. The van der Waals surface area contributed by atoms with Gasteiger partial charge in [-0.25, -0.2) is 0 Å². The van der Waals surface area contributed by atoms with Crippen LogP contribution in [0.4, 0.5) is 0 Å². The second-order valence-electron chi connectivity index (χ2n) is 16.8. The number of carbonyl (C=O) groups excluding carboxylic acids is 6. The van der Waals surface area contributed by atoms with Crippen LogP contribution in [0.1, 0.15) is 88.7 Å². The molecule has 1 atom stereocenters. The van der Waals surface area contributed by atoms with Crippen LogP contribution in [0.5, 0.6) is 11.5 Å². The van der Waals surface area contributed by atoms with Gasteiger partial charge in [-0.15, -0.1) is 0 Å². The van der Waals surface area contributed by atoms with Crippen LogP contribution in [0.2, 0.25) is 0 Å². The van der Waals surface area contributed by atoms with E-state index < -0.39 is 29.7 Å². The van der Waals surface area contributed by atoms with E-state index in [1.54, 1.807) is 45.4 Å². The Morgan fingerprint density at radius 3 is 1.66 bits per heavy atom. The number of carbonyl (C=O) groups is 6. The molecule has 0 aromatic heterocycles. The van der Waals surface area contributed by atoms with Crippen molar-refractivity contribution in [2.45, 2.75) is 96.7 Å². The predicted molar refractivity (Wildman–Crippen MR) is 236 cm³/mol. The monoisotopic (exact) mass is 863 g/mol. The predicted octanol–water partition coefficient (Wildman–Crippen LogP) is 2.81. The van der Waals surface area contributed by atoms with Gasteiger partial charge in [-0.05, 0) is 92.8 Å². The summed E-state index contributed by atoms with van der Waals surface area (Å²) in [7, 11) is 3.15. The van der Waals surface area contributed by atoms with E-state index in [0.717, 1.165) is 81.1 Å². The van der Waals surface area contributed by atoms with Gasteiger partial charge >= 0.3 is 0 Å². The van der Waals surface area contributed by atoms with E-state index in [1.807, 2.05) is 24.3 Å². The molecule has 0 saturated heterocycles. The average Bonchev–Trinajstić information content (AvgIpc) is 3.27. The minimum atomic E-state index is -1.07. The Kier molecular flexibility index (Phi) is 21.0. The van der Waals surface area contributed by atoms with E-state index in [4.69, 9.17) is 20.9 Å². The van der Waals surface area contributed by atoms with Crippen molar-refractivity contribution in [2.24, 2.45) is 23.3 Å². The Hall–Kier alpha value is -5.22. The molecule has 6 amide bonds. The summed E-state index contributed by atoms with van der Waals surface area (Å²) in [6.07, 6.45) is 10.7. The minimum Gasteiger partial charge on any atom is -0.497 e. The first-order valence-corrected chi connectivity index (χ1v) is 22.2. The first-order valence-electron chi connectivity index (χ1n) is 22.2. The lowest BCUT2D eigenvalue weighted by Gasteiger charge is -2.33. The highest BCUT2D eigenvalue weighted by atomic mass is 16.5. The maximum atomic E-state index is 14.2. The summed E-state index contributed by atoms with van der Waals surface area (Å²) in [4.78, 5) is 87.4. The minimum absolute atomic E-state index is 0.00299. The van der Waals surface area contributed by atoms with Crippen LogP contribution in [0, 0.1) is 11.8 Å². The Balaban J connectivity index is 1.46. The van der Waals surface area contributed by atoms with Gasteiger partial charge in [0.2, 0.25) is 35.4 Å². The van der Waals surface area contributed by atoms with Crippen molar-refractivity contribution in [3.05, 3.63) is 59.7 Å². The van der Waals surface area contributed by atoms with Crippen molar-refractivity contribution >= 4 is 35.4 Å². The molecule has 6 N–H and O–H groups in total. The van der Waals surface area contributed by atoms with Crippen molar-refractivity contribution in [3.8, 4) is 11.5 Å². The summed E-state index contributed by atoms with van der Waals surface area (Å²) in [6.45, 7) is 2.25. The lowest BCUT2D eigenvalue weighted by atomic mass is 9.89. The fourth-order valence-electron chi connectivity index (χ4n) is 8.29. The Morgan fingerprint density at radius 2 is 1.16 bits per heavy atom. The summed E-state index contributed by atoms with van der Waals surface area (Å²) in [5.74, 6) is -0.937. The lowest BCUT2D eigenvalue weighted by Crippen LogP contribution is -2.54. The Bertz CT molecular complexity index is 1730. The van der Waals surface area contributed by atoms with Gasteiger partial charge in [0.15, 0.2) is 0 Å². The van der Waals surface area contributed by atoms with Gasteiger partial charge in [-0.1, -0.05) is 62.8 Å². The third-order valence-electron chi connectivity index (χ3n) is 11.8. The van der Waals surface area contributed by atoms with Gasteiger partial charge in [0.25, 0.3) is 0 Å². The number of hydrogen-bond acceptors (Lipinski definition) is 10. The van der Waals surface area contributed by atoms with Crippen LogP contribution < -0.4 is 31.6 Å². The maximum absolute atomic E-state index is 14.2. The van der Waals surface area contributed by atoms with Crippen LogP contribution in [0.25, 0.3) is 0 Å². The van der Waals surface area contributed by atoms with Crippen LogP contribution in [-0.4, -0.2) is 134 Å². The number of nitrogens with two attached hydrogens (primary N) is 2. The number of nitrogens with zero attached hydrogens (tertiary/aromatic N) is 4. The summed E-state index contributed by atoms with van der Waals surface area (Å²) in [5.41, 5.74) is 13.1. The van der Waals surface area contributed by atoms with Gasteiger partial charge in [0.05, 0.1) is 40.4 Å². The molecule has 0 aliphatic heterocycles. The first kappa shape index (κ1) is 49.4. The number of ether oxygens (including phenoxy) is 2. The van der Waals surface area contributed by atoms with E-state index in [1.165, 1.54) is 19.6 Å². The number of rotatable bonds is 25. The molecule has 0 bridgehead atoms. The lowest BCUT2D eigenvalue weighted by molar-refractivity contribution is -0.145. The smallest absolute Gasteiger partial charge is 0.245 e. The molecular weight excluding hydrogens is 793 g/mol. The molecule has 2 aliphatic carbocycles. The molecule has 4 rings (SSSR count). The number of primary amides is 1. The molecule has 2 aromatic carbocycles. The third-order valence-corrected chi connectivity index (χ3v) is 11.8. The number of amides is 6. The van der Waals surface area contributed by atoms with Crippen molar-refractivity contribution in [2.75, 3.05) is 73.1 Å². The topological polar surface area (TPSA) is 210 Å². The third kappa shape index (κ3) is 16.9. The van der Waals surface area contributed by atoms with Gasteiger partial charge in [0.1, 0.15) is 24.1 Å². The van der Waals surface area contributed by atoms with E-state index in [-0.39, 0.29) is 69.5 Å². The Labute approximate surface area is 367 Å². The maximum Gasteiger partial charge on any atom is 0.245 e. The van der Waals surface area contributed by atoms with Gasteiger partial charge in [0, 0.05) is 32.7 Å². The van der Waals surface area contributed by atoms with Crippen LogP contribution >= 0.6 is 0 Å². The average molecular weight is 863 g/mol.